The molecule has 0 spiro atoms. The summed E-state index contributed by atoms with van der Waals surface area (Å²) < 4.78 is 5.88. The van der Waals surface area contributed by atoms with E-state index in [1.165, 1.54) is 38.5 Å². The quantitative estimate of drug-likeness (QED) is 0.602. The van der Waals surface area contributed by atoms with Crippen molar-refractivity contribution in [2.75, 3.05) is 6.61 Å². The van der Waals surface area contributed by atoms with Crippen LogP contribution in [0.2, 0.25) is 0 Å². The van der Waals surface area contributed by atoms with Crippen molar-refractivity contribution in [1.82, 2.24) is 0 Å². The maximum Gasteiger partial charge on any atom is 0.132 e. The number of aliphatic hydroxyl groups is 4. The largest absolute Gasteiger partial charge is 0.394 e. The summed E-state index contributed by atoms with van der Waals surface area (Å²) in [7, 11) is 0. The van der Waals surface area contributed by atoms with Crippen molar-refractivity contribution in [2.24, 2.45) is 17.8 Å². The highest BCUT2D eigenvalue weighted by atomic mass is 32.2. The number of thioether (sulfide) groups is 1. The van der Waals surface area contributed by atoms with Crippen LogP contribution in [0.5, 0.6) is 0 Å². The normalized spacial score (nSPS) is 57.3. The van der Waals surface area contributed by atoms with Gasteiger partial charge < -0.3 is 25.2 Å². The van der Waals surface area contributed by atoms with Gasteiger partial charge in [-0.15, -0.1) is 11.8 Å². The molecule has 4 bridgehead atoms. The molecule has 1 saturated heterocycles. The van der Waals surface area contributed by atoms with Gasteiger partial charge in [0.05, 0.1) is 6.61 Å². The summed E-state index contributed by atoms with van der Waals surface area (Å²) in [4.78, 5) is 0. The van der Waals surface area contributed by atoms with Gasteiger partial charge in [-0.3, -0.25) is 0 Å². The average Bonchev–Trinajstić information content (AvgIpc) is 2.46. The van der Waals surface area contributed by atoms with Crippen molar-refractivity contribution in [3.8, 4) is 0 Å². The highest BCUT2D eigenvalue weighted by Crippen LogP contribution is 2.61. The van der Waals surface area contributed by atoms with Gasteiger partial charge in [0, 0.05) is 4.75 Å². The molecule has 4 N–H and O–H groups in total. The Balaban J connectivity index is 1.50. The van der Waals surface area contributed by atoms with Crippen molar-refractivity contribution >= 4 is 11.8 Å². The summed E-state index contributed by atoms with van der Waals surface area (Å²) in [6, 6.07) is 0. The zero-order chi connectivity index (χ0) is 15.5. The topological polar surface area (TPSA) is 90.2 Å². The molecule has 5 atom stereocenters. The summed E-state index contributed by atoms with van der Waals surface area (Å²) in [6.45, 7) is -0.344. The van der Waals surface area contributed by atoms with Crippen LogP contribution in [0.4, 0.5) is 0 Å². The third-order valence-electron chi connectivity index (χ3n) is 6.20. The fraction of sp³-hybridized carbons (Fsp3) is 1.00. The van der Waals surface area contributed by atoms with Gasteiger partial charge in [0.25, 0.3) is 0 Å². The first-order valence-electron chi connectivity index (χ1n) is 8.48. The van der Waals surface area contributed by atoms with Crippen LogP contribution in [0.15, 0.2) is 0 Å². The molecule has 5 nitrogen and oxygen atoms in total. The predicted molar refractivity (Wildman–Crippen MR) is 82.3 cm³/mol. The van der Waals surface area contributed by atoms with Crippen molar-refractivity contribution in [2.45, 2.75) is 73.1 Å². The molecule has 5 fully saturated rings. The monoisotopic (exact) mass is 330 g/mol. The lowest BCUT2D eigenvalue weighted by atomic mass is 9.56. The van der Waals surface area contributed by atoms with E-state index >= 15 is 0 Å². The Morgan fingerprint density at radius 1 is 0.864 bits per heavy atom. The molecule has 1 aliphatic heterocycles. The molecule has 0 aromatic carbocycles. The lowest BCUT2D eigenvalue weighted by Gasteiger charge is -2.57. The second-order valence-corrected chi connectivity index (χ2v) is 9.48. The van der Waals surface area contributed by atoms with Gasteiger partial charge in [-0.05, 0) is 56.3 Å². The fourth-order valence-electron chi connectivity index (χ4n) is 5.59. The van der Waals surface area contributed by atoms with E-state index in [1.54, 1.807) is 11.8 Å². The van der Waals surface area contributed by atoms with Crippen LogP contribution in [-0.4, -0.2) is 61.6 Å². The predicted octanol–water partition coefficient (Wildman–Crippen LogP) is 0.488. The summed E-state index contributed by atoms with van der Waals surface area (Å²) in [5.74, 6) is 2.43. The maximum absolute atomic E-state index is 10.3. The van der Waals surface area contributed by atoms with Crippen molar-refractivity contribution < 1.29 is 25.2 Å². The number of aliphatic hydroxyl groups excluding tert-OH is 4. The molecule has 1 heterocycles. The molecule has 4 aliphatic carbocycles. The van der Waals surface area contributed by atoms with Crippen molar-refractivity contribution in [3.63, 3.8) is 0 Å². The zero-order valence-electron chi connectivity index (χ0n) is 12.7. The molecule has 5 rings (SSSR count). The number of hydrogen-bond donors (Lipinski definition) is 4. The minimum Gasteiger partial charge on any atom is -0.394 e. The van der Waals surface area contributed by atoms with Crippen molar-refractivity contribution in [3.05, 3.63) is 0 Å². The smallest absolute Gasteiger partial charge is 0.132 e. The Bertz CT molecular complexity index is 393. The summed E-state index contributed by atoms with van der Waals surface area (Å²) in [6.07, 6.45) is 3.21. The van der Waals surface area contributed by atoms with Crippen LogP contribution in [0.1, 0.15) is 38.5 Å². The maximum atomic E-state index is 10.3. The van der Waals surface area contributed by atoms with E-state index in [2.05, 4.69) is 0 Å². The Kier molecular flexibility index (Phi) is 3.99. The van der Waals surface area contributed by atoms with Crippen LogP contribution in [-0.2, 0) is 4.74 Å². The summed E-state index contributed by atoms with van der Waals surface area (Å²) in [5.41, 5.74) is -0.563. The SMILES string of the molecule is OC[C@H]1OC(SC23CC4CC(CC(C4)C2)C3)[C@H](O)[C@@H](O)[C@@H]1O. The molecule has 0 aromatic rings. The number of rotatable bonds is 3. The van der Waals surface area contributed by atoms with E-state index in [0.29, 0.717) is 0 Å². The Morgan fingerprint density at radius 3 is 1.91 bits per heavy atom. The zero-order valence-corrected chi connectivity index (χ0v) is 13.5. The molecule has 0 amide bonds. The lowest BCUT2D eigenvalue weighted by Crippen LogP contribution is -2.59. The molecule has 0 radical (unpaired) electrons. The molecule has 6 heteroatoms. The first kappa shape index (κ1) is 15.7. The van der Waals surface area contributed by atoms with Gasteiger partial charge in [-0.1, -0.05) is 0 Å². The third-order valence-corrected chi connectivity index (χ3v) is 7.82. The van der Waals surface area contributed by atoms with Gasteiger partial charge >= 0.3 is 0 Å². The van der Waals surface area contributed by atoms with E-state index in [1.807, 2.05) is 0 Å². The van der Waals surface area contributed by atoms with Gasteiger partial charge in [0.15, 0.2) is 0 Å². The molecule has 126 valence electrons. The number of ether oxygens (including phenoxy) is 1. The second-order valence-electron chi connectivity index (χ2n) is 7.92. The molecule has 22 heavy (non-hydrogen) atoms. The molecular weight excluding hydrogens is 304 g/mol. The van der Waals surface area contributed by atoms with E-state index in [0.717, 1.165) is 17.8 Å². The van der Waals surface area contributed by atoms with E-state index in [4.69, 9.17) is 4.74 Å². The van der Waals surface area contributed by atoms with Crippen LogP contribution >= 0.6 is 11.8 Å². The van der Waals surface area contributed by atoms with Crippen LogP contribution in [0.3, 0.4) is 0 Å². The molecule has 1 unspecified atom stereocenters. The first-order chi connectivity index (χ1) is 10.5. The van der Waals surface area contributed by atoms with E-state index in [-0.39, 0.29) is 11.4 Å². The second kappa shape index (κ2) is 5.60. The van der Waals surface area contributed by atoms with Gasteiger partial charge in [-0.25, -0.2) is 0 Å². The van der Waals surface area contributed by atoms with Crippen molar-refractivity contribution in [1.29, 1.82) is 0 Å². The average molecular weight is 330 g/mol. The molecular formula is C16H26O5S. The highest BCUT2D eigenvalue weighted by molar-refractivity contribution is 8.01. The van der Waals surface area contributed by atoms with Crippen LogP contribution < -0.4 is 0 Å². The van der Waals surface area contributed by atoms with Gasteiger partial charge in [-0.2, -0.15) is 0 Å². The Morgan fingerprint density at radius 2 is 1.41 bits per heavy atom. The van der Waals surface area contributed by atoms with E-state index < -0.39 is 29.9 Å². The molecule has 4 saturated carbocycles. The lowest BCUT2D eigenvalue weighted by molar-refractivity contribution is -0.206. The first-order valence-corrected chi connectivity index (χ1v) is 9.36. The van der Waals surface area contributed by atoms with Crippen LogP contribution in [0, 0.1) is 17.8 Å². The minimum absolute atomic E-state index is 0.155. The minimum atomic E-state index is -1.25. The van der Waals surface area contributed by atoms with Gasteiger partial charge in [0.2, 0.25) is 0 Å². The fourth-order valence-corrected chi connectivity index (χ4v) is 7.57. The van der Waals surface area contributed by atoms with Crippen LogP contribution in [0.25, 0.3) is 0 Å². The number of hydrogen-bond acceptors (Lipinski definition) is 6. The van der Waals surface area contributed by atoms with Gasteiger partial charge in [0.1, 0.15) is 29.9 Å². The standard InChI is InChI=1S/C16H26O5S/c17-7-11-12(18)13(19)14(20)15(21-11)22-16-4-8-1-9(5-16)3-10(2-8)6-16/h8-15,17-20H,1-7H2/t8?,9?,10?,11-,12-,13+,14-,15?,16?/m1/s1. The third kappa shape index (κ3) is 2.52. The summed E-state index contributed by atoms with van der Waals surface area (Å²) >= 11 is 1.66. The highest BCUT2D eigenvalue weighted by Gasteiger charge is 2.54. The Hall–Kier alpha value is 0.150. The molecule has 0 aromatic heterocycles. The summed E-state index contributed by atoms with van der Waals surface area (Å²) in [5, 5.41) is 39.5. The molecule has 5 aliphatic rings. The van der Waals surface area contributed by atoms with E-state index in [9.17, 15) is 20.4 Å². The Labute approximate surface area is 135 Å².